The number of benzene rings is 2. The van der Waals surface area contributed by atoms with Crippen molar-refractivity contribution in [1.82, 2.24) is 5.32 Å². The zero-order valence-corrected chi connectivity index (χ0v) is 12.5. The van der Waals surface area contributed by atoms with Crippen molar-refractivity contribution in [2.45, 2.75) is 12.3 Å². The minimum atomic E-state index is -1.10. The van der Waals surface area contributed by atoms with Gasteiger partial charge >= 0.3 is 12.1 Å². The van der Waals surface area contributed by atoms with Crippen LogP contribution in [-0.2, 0) is 16.0 Å². The van der Waals surface area contributed by atoms with Gasteiger partial charge in [0.2, 0.25) is 0 Å². The molecule has 0 saturated carbocycles. The number of ether oxygens (including phenoxy) is 1. The Kier molecular flexibility index (Phi) is 4.28. The molecule has 1 amide bonds. The third-order valence-corrected chi connectivity index (χ3v) is 4.01. The average Bonchev–Trinajstić information content (AvgIpc) is 2.56. The number of carboxylic acids is 1. The Balaban J connectivity index is 1.78. The van der Waals surface area contributed by atoms with Gasteiger partial charge in [-0.1, -0.05) is 48.5 Å². The van der Waals surface area contributed by atoms with Crippen LogP contribution in [0.4, 0.5) is 4.79 Å². The lowest BCUT2D eigenvalue weighted by atomic mass is 9.78. The van der Waals surface area contributed by atoms with Crippen LogP contribution in [0.1, 0.15) is 28.2 Å². The van der Waals surface area contributed by atoms with Gasteiger partial charge < -0.3 is 15.2 Å². The Labute approximate surface area is 133 Å². The van der Waals surface area contributed by atoms with Crippen LogP contribution in [0.25, 0.3) is 0 Å². The maximum absolute atomic E-state index is 11.6. The molecule has 2 aromatic rings. The van der Waals surface area contributed by atoms with Gasteiger partial charge in [-0.15, -0.1) is 0 Å². The molecule has 3 rings (SSSR count). The van der Waals surface area contributed by atoms with Crippen molar-refractivity contribution in [2.75, 3.05) is 13.2 Å². The minimum Gasteiger partial charge on any atom is -0.480 e. The molecule has 2 aromatic carbocycles. The second kappa shape index (κ2) is 6.52. The quantitative estimate of drug-likeness (QED) is 0.910. The highest BCUT2D eigenvalue weighted by molar-refractivity contribution is 5.76. The molecular weight excluding hydrogens is 294 g/mol. The van der Waals surface area contributed by atoms with Crippen LogP contribution in [0.5, 0.6) is 0 Å². The number of carbonyl (C=O) groups excluding carboxylic acids is 1. The van der Waals surface area contributed by atoms with E-state index in [1.165, 1.54) is 11.1 Å². The monoisotopic (exact) mass is 311 g/mol. The summed E-state index contributed by atoms with van der Waals surface area (Å²) < 4.78 is 5.23. The van der Waals surface area contributed by atoms with E-state index in [2.05, 4.69) is 29.6 Å². The van der Waals surface area contributed by atoms with Crippen LogP contribution >= 0.6 is 0 Å². The summed E-state index contributed by atoms with van der Waals surface area (Å²) >= 11 is 0. The van der Waals surface area contributed by atoms with Gasteiger partial charge in [-0.05, 0) is 28.7 Å². The molecule has 0 atom stereocenters. The van der Waals surface area contributed by atoms with Crippen LogP contribution in [0, 0.1) is 0 Å². The fourth-order valence-corrected chi connectivity index (χ4v) is 2.98. The summed E-state index contributed by atoms with van der Waals surface area (Å²) in [5.74, 6) is -1.14. The van der Waals surface area contributed by atoms with Crippen LogP contribution in [0.2, 0.25) is 0 Å². The molecule has 0 unspecified atom stereocenters. The zero-order chi connectivity index (χ0) is 16.2. The number of hydrogen-bond acceptors (Lipinski definition) is 3. The van der Waals surface area contributed by atoms with Crippen LogP contribution in [-0.4, -0.2) is 30.3 Å². The van der Waals surface area contributed by atoms with E-state index in [0.29, 0.717) is 0 Å². The SMILES string of the molecule is O=C(O)CNC(=O)OCC1c2ccccc2Cc2ccccc21. The fraction of sp³-hybridized carbons (Fsp3) is 0.222. The Bertz CT molecular complexity index is 696. The lowest BCUT2D eigenvalue weighted by Gasteiger charge is -2.28. The zero-order valence-electron chi connectivity index (χ0n) is 12.5. The highest BCUT2D eigenvalue weighted by atomic mass is 16.5. The van der Waals surface area contributed by atoms with Gasteiger partial charge in [0.15, 0.2) is 0 Å². The summed E-state index contributed by atoms with van der Waals surface area (Å²) in [5.41, 5.74) is 4.76. The molecule has 23 heavy (non-hydrogen) atoms. The molecule has 0 spiro atoms. The number of fused-ring (bicyclic) bond motifs is 2. The summed E-state index contributed by atoms with van der Waals surface area (Å²) in [4.78, 5) is 22.1. The summed E-state index contributed by atoms with van der Waals surface area (Å²) in [7, 11) is 0. The van der Waals surface area contributed by atoms with E-state index in [1.807, 2.05) is 24.3 Å². The molecule has 0 radical (unpaired) electrons. The van der Waals surface area contributed by atoms with Crippen molar-refractivity contribution < 1.29 is 19.4 Å². The molecule has 1 aliphatic rings. The van der Waals surface area contributed by atoms with Crippen molar-refractivity contribution >= 4 is 12.1 Å². The maximum Gasteiger partial charge on any atom is 0.407 e. The Morgan fingerprint density at radius 3 is 2.17 bits per heavy atom. The van der Waals surface area contributed by atoms with E-state index in [-0.39, 0.29) is 12.5 Å². The highest BCUT2D eigenvalue weighted by Crippen LogP contribution is 2.36. The van der Waals surface area contributed by atoms with Crippen LogP contribution < -0.4 is 5.32 Å². The Hall–Kier alpha value is -2.82. The van der Waals surface area contributed by atoms with Gasteiger partial charge in [-0.2, -0.15) is 0 Å². The molecule has 0 bridgehead atoms. The Morgan fingerprint density at radius 2 is 1.61 bits per heavy atom. The second-order valence-corrected chi connectivity index (χ2v) is 5.47. The molecule has 0 saturated heterocycles. The van der Waals surface area contributed by atoms with E-state index >= 15 is 0 Å². The molecule has 0 aromatic heterocycles. The molecule has 5 heteroatoms. The number of carboxylic acid groups (broad SMARTS) is 1. The normalized spacial score (nSPS) is 12.9. The summed E-state index contributed by atoms with van der Waals surface area (Å²) in [6.07, 6.45) is 0.154. The van der Waals surface area contributed by atoms with E-state index in [1.54, 1.807) is 0 Å². The number of rotatable bonds is 4. The lowest BCUT2D eigenvalue weighted by Crippen LogP contribution is -2.31. The highest BCUT2D eigenvalue weighted by Gasteiger charge is 2.26. The van der Waals surface area contributed by atoms with Crippen molar-refractivity contribution in [1.29, 1.82) is 0 Å². The number of aliphatic carboxylic acids is 1. The predicted molar refractivity (Wildman–Crippen MR) is 84.5 cm³/mol. The number of alkyl carbamates (subject to hydrolysis) is 1. The minimum absolute atomic E-state index is 0.0354. The van der Waals surface area contributed by atoms with E-state index in [4.69, 9.17) is 9.84 Å². The molecule has 0 heterocycles. The van der Waals surface area contributed by atoms with E-state index in [9.17, 15) is 9.59 Å². The maximum atomic E-state index is 11.6. The lowest BCUT2D eigenvalue weighted by molar-refractivity contribution is -0.135. The van der Waals surface area contributed by atoms with Gasteiger partial charge in [0, 0.05) is 5.92 Å². The number of amides is 1. The first-order chi connectivity index (χ1) is 11.1. The topological polar surface area (TPSA) is 75.6 Å². The molecule has 0 fully saturated rings. The van der Waals surface area contributed by atoms with Crippen molar-refractivity contribution in [3.63, 3.8) is 0 Å². The molecule has 2 N–H and O–H groups in total. The first-order valence-electron chi connectivity index (χ1n) is 7.43. The average molecular weight is 311 g/mol. The van der Waals surface area contributed by atoms with Crippen molar-refractivity contribution in [3.8, 4) is 0 Å². The van der Waals surface area contributed by atoms with Gasteiger partial charge in [-0.3, -0.25) is 4.79 Å². The van der Waals surface area contributed by atoms with Gasteiger partial charge in [0.1, 0.15) is 13.2 Å². The van der Waals surface area contributed by atoms with Crippen LogP contribution in [0.3, 0.4) is 0 Å². The molecule has 0 aliphatic heterocycles. The molecule has 118 valence electrons. The fourth-order valence-electron chi connectivity index (χ4n) is 2.98. The van der Waals surface area contributed by atoms with E-state index in [0.717, 1.165) is 17.5 Å². The molecule has 1 aliphatic carbocycles. The predicted octanol–water partition coefficient (Wildman–Crippen LogP) is 2.53. The third-order valence-electron chi connectivity index (χ3n) is 4.01. The first-order valence-corrected chi connectivity index (χ1v) is 7.43. The Morgan fingerprint density at radius 1 is 1.04 bits per heavy atom. The van der Waals surface area contributed by atoms with Gasteiger partial charge in [0.25, 0.3) is 0 Å². The van der Waals surface area contributed by atoms with Crippen molar-refractivity contribution in [2.24, 2.45) is 0 Å². The van der Waals surface area contributed by atoms with E-state index < -0.39 is 18.6 Å². The van der Waals surface area contributed by atoms with Crippen molar-refractivity contribution in [3.05, 3.63) is 70.8 Å². The van der Waals surface area contributed by atoms with Crippen LogP contribution in [0.15, 0.2) is 48.5 Å². The largest absolute Gasteiger partial charge is 0.480 e. The second-order valence-electron chi connectivity index (χ2n) is 5.47. The first kappa shape index (κ1) is 15.1. The third kappa shape index (κ3) is 3.34. The molecule has 5 nitrogen and oxygen atoms in total. The number of hydrogen-bond donors (Lipinski definition) is 2. The number of carbonyl (C=O) groups is 2. The molecular formula is C18H17NO4. The van der Waals surface area contributed by atoms with Gasteiger partial charge in [-0.25, -0.2) is 4.79 Å². The smallest absolute Gasteiger partial charge is 0.407 e. The summed E-state index contributed by atoms with van der Waals surface area (Å²) in [6.45, 7) is -0.268. The summed E-state index contributed by atoms with van der Waals surface area (Å²) in [6, 6.07) is 16.2. The summed E-state index contributed by atoms with van der Waals surface area (Å²) in [5, 5.41) is 10.8. The standard InChI is InChI=1S/C18H17NO4/c20-17(21)10-19-18(22)23-11-16-14-7-3-1-5-12(14)9-13-6-2-4-8-15(13)16/h1-8,16H,9-11H2,(H,19,22)(H,20,21). The van der Waals surface area contributed by atoms with Gasteiger partial charge in [0.05, 0.1) is 0 Å². The number of nitrogens with one attached hydrogen (secondary N) is 1.